The maximum Gasteiger partial charge on any atom is 0.174 e. The number of hydrogen-bond donors (Lipinski definition) is 1. The first-order valence-corrected chi connectivity index (χ1v) is 5.47. The molecule has 0 aliphatic heterocycles. The van der Waals surface area contributed by atoms with Gasteiger partial charge in [0, 0.05) is 6.42 Å². The first kappa shape index (κ1) is 10.7. The molecule has 72 valence electrons. The molecule has 1 heterocycles. The van der Waals surface area contributed by atoms with Gasteiger partial charge in [-0.25, -0.2) is 0 Å². The fourth-order valence-electron chi connectivity index (χ4n) is 1.04. The quantitative estimate of drug-likeness (QED) is 0.609. The van der Waals surface area contributed by atoms with Crippen molar-refractivity contribution in [3.8, 4) is 0 Å². The van der Waals surface area contributed by atoms with Crippen molar-refractivity contribution in [1.82, 2.24) is 0 Å². The van der Waals surface area contributed by atoms with Gasteiger partial charge >= 0.3 is 0 Å². The van der Waals surface area contributed by atoms with Crippen LogP contribution in [0, 0.1) is 0 Å². The van der Waals surface area contributed by atoms with Crippen LogP contribution in [-0.2, 0) is 0 Å². The lowest BCUT2D eigenvalue weighted by Gasteiger charge is -1.97. The van der Waals surface area contributed by atoms with Gasteiger partial charge in [0.25, 0.3) is 0 Å². The molecule has 2 N–H and O–H groups in total. The third kappa shape index (κ3) is 3.10. The second-order valence-corrected chi connectivity index (χ2v) is 4.09. The second kappa shape index (κ2) is 5.37. The van der Waals surface area contributed by atoms with E-state index in [-0.39, 0.29) is 5.78 Å². The summed E-state index contributed by atoms with van der Waals surface area (Å²) in [6.07, 6.45) is 2.30. The Kier molecular flexibility index (Phi) is 4.42. The van der Waals surface area contributed by atoms with E-state index in [0.717, 1.165) is 12.8 Å². The van der Waals surface area contributed by atoms with Gasteiger partial charge in [-0.2, -0.15) is 0 Å². The molecule has 0 aromatic carbocycles. The minimum Gasteiger partial charge on any atom is -0.330 e. The Morgan fingerprint density at radius 1 is 1.54 bits per heavy atom. The average molecular weight is 218 g/mol. The summed E-state index contributed by atoms with van der Waals surface area (Å²) in [4.78, 5) is 12.2. The Hall–Kier alpha value is -0.380. The van der Waals surface area contributed by atoms with Crippen molar-refractivity contribution < 1.29 is 4.79 Å². The highest BCUT2D eigenvalue weighted by Gasteiger charge is 2.10. The molecular weight excluding hydrogens is 206 g/mol. The first-order valence-electron chi connectivity index (χ1n) is 4.22. The topological polar surface area (TPSA) is 43.1 Å². The summed E-state index contributed by atoms with van der Waals surface area (Å²) >= 11 is 7.22. The third-order valence-corrected chi connectivity index (χ3v) is 3.11. The zero-order valence-corrected chi connectivity index (χ0v) is 8.83. The molecular formula is C9H12ClNOS. The van der Waals surface area contributed by atoms with E-state index in [1.807, 2.05) is 5.38 Å². The van der Waals surface area contributed by atoms with E-state index < -0.39 is 0 Å². The zero-order valence-electron chi connectivity index (χ0n) is 7.25. The molecule has 1 aromatic rings. The highest BCUT2D eigenvalue weighted by atomic mass is 35.5. The normalized spacial score (nSPS) is 10.3. The van der Waals surface area contributed by atoms with Crippen molar-refractivity contribution in [1.29, 1.82) is 0 Å². The summed E-state index contributed by atoms with van der Waals surface area (Å²) < 4.78 is 0. The van der Waals surface area contributed by atoms with Crippen molar-refractivity contribution in [2.24, 2.45) is 5.73 Å². The Balaban J connectivity index is 2.45. The van der Waals surface area contributed by atoms with Crippen LogP contribution in [0.1, 0.15) is 28.9 Å². The largest absolute Gasteiger partial charge is 0.330 e. The fraction of sp³-hybridized carbons (Fsp3) is 0.444. The average Bonchev–Trinajstić information content (AvgIpc) is 2.52. The number of carbonyl (C=O) groups is 1. The molecule has 0 saturated carbocycles. The van der Waals surface area contributed by atoms with E-state index >= 15 is 0 Å². The Labute approximate surface area is 86.7 Å². The van der Waals surface area contributed by atoms with Crippen LogP contribution in [0.25, 0.3) is 0 Å². The van der Waals surface area contributed by atoms with Gasteiger partial charge in [0.2, 0.25) is 0 Å². The van der Waals surface area contributed by atoms with Crippen molar-refractivity contribution in [2.45, 2.75) is 19.3 Å². The van der Waals surface area contributed by atoms with E-state index in [1.54, 1.807) is 6.07 Å². The molecule has 0 aliphatic rings. The SMILES string of the molecule is NCCCCC(=O)c1sccc1Cl. The number of Topliss-reactive ketones (excluding diaryl/α,β-unsaturated/α-hetero) is 1. The minimum absolute atomic E-state index is 0.133. The Morgan fingerprint density at radius 2 is 2.31 bits per heavy atom. The number of ketones is 1. The summed E-state index contributed by atoms with van der Waals surface area (Å²) in [6, 6.07) is 1.75. The number of nitrogens with two attached hydrogens (primary N) is 1. The smallest absolute Gasteiger partial charge is 0.174 e. The molecule has 13 heavy (non-hydrogen) atoms. The van der Waals surface area contributed by atoms with Crippen LogP contribution in [0.5, 0.6) is 0 Å². The highest BCUT2D eigenvalue weighted by molar-refractivity contribution is 7.12. The van der Waals surface area contributed by atoms with E-state index in [0.29, 0.717) is 22.9 Å². The van der Waals surface area contributed by atoms with Gasteiger partial charge in [0.15, 0.2) is 5.78 Å². The van der Waals surface area contributed by atoms with Crippen LogP contribution >= 0.6 is 22.9 Å². The molecule has 0 atom stereocenters. The predicted octanol–water partition coefficient (Wildman–Crippen LogP) is 2.71. The van der Waals surface area contributed by atoms with Crippen molar-refractivity contribution >= 4 is 28.7 Å². The summed E-state index contributed by atoms with van der Waals surface area (Å²) in [5.41, 5.74) is 5.33. The Bertz CT molecular complexity index is 285. The summed E-state index contributed by atoms with van der Waals surface area (Å²) in [5.74, 6) is 0.133. The van der Waals surface area contributed by atoms with Gasteiger partial charge in [-0.1, -0.05) is 11.6 Å². The number of thiophene rings is 1. The van der Waals surface area contributed by atoms with Gasteiger partial charge in [-0.15, -0.1) is 11.3 Å². The van der Waals surface area contributed by atoms with Crippen molar-refractivity contribution in [3.05, 3.63) is 21.3 Å². The van der Waals surface area contributed by atoms with Gasteiger partial charge in [0.1, 0.15) is 0 Å². The third-order valence-electron chi connectivity index (χ3n) is 1.73. The van der Waals surface area contributed by atoms with Crippen molar-refractivity contribution in [3.63, 3.8) is 0 Å². The van der Waals surface area contributed by atoms with Gasteiger partial charge in [-0.05, 0) is 30.8 Å². The molecule has 0 fully saturated rings. The zero-order chi connectivity index (χ0) is 9.68. The lowest BCUT2D eigenvalue weighted by atomic mass is 10.1. The first-order chi connectivity index (χ1) is 6.25. The van der Waals surface area contributed by atoms with Crippen LogP contribution in [0.3, 0.4) is 0 Å². The molecule has 4 heteroatoms. The lowest BCUT2D eigenvalue weighted by molar-refractivity contribution is 0.0983. The van der Waals surface area contributed by atoms with Crippen LogP contribution in [0.2, 0.25) is 5.02 Å². The number of halogens is 1. The number of unbranched alkanes of at least 4 members (excludes halogenated alkanes) is 1. The number of rotatable bonds is 5. The van der Waals surface area contributed by atoms with Crippen molar-refractivity contribution in [2.75, 3.05) is 6.54 Å². The van der Waals surface area contributed by atoms with Crippen LogP contribution in [-0.4, -0.2) is 12.3 Å². The van der Waals surface area contributed by atoms with E-state index in [1.165, 1.54) is 11.3 Å². The molecule has 0 saturated heterocycles. The van der Waals surface area contributed by atoms with Crippen LogP contribution < -0.4 is 5.73 Å². The molecule has 0 aliphatic carbocycles. The molecule has 1 aromatic heterocycles. The fourth-order valence-corrected chi connectivity index (χ4v) is 2.17. The molecule has 2 nitrogen and oxygen atoms in total. The molecule has 1 rings (SSSR count). The molecule has 0 radical (unpaired) electrons. The summed E-state index contributed by atoms with van der Waals surface area (Å²) in [6.45, 7) is 0.644. The van der Waals surface area contributed by atoms with Gasteiger partial charge in [-0.3, -0.25) is 4.79 Å². The van der Waals surface area contributed by atoms with E-state index in [4.69, 9.17) is 17.3 Å². The monoisotopic (exact) mass is 217 g/mol. The van der Waals surface area contributed by atoms with E-state index in [2.05, 4.69) is 0 Å². The number of carbonyl (C=O) groups excluding carboxylic acids is 1. The minimum atomic E-state index is 0.133. The second-order valence-electron chi connectivity index (χ2n) is 2.77. The van der Waals surface area contributed by atoms with Crippen LogP contribution in [0.15, 0.2) is 11.4 Å². The summed E-state index contributed by atoms with van der Waals surface area (Å²) in [5, 5.41) is 2.40. The predicted molar refractivity (Wildman–Crippen MR) is 56.6 cm³/mol. The Morgan fingerprint density at radius 3 is 2.85 bits per heavy atom. The standard InChI is InChI=1S/C9H12ClNOS/c10-7-4-6-13-9(7)8(12)3-1-2-5-11/h4,6H,1-3,5,11H2. The summed E-state index contributed by atoms with van der Waals surface area (Å²) in [7, 11) is 0. The molecule has 0 unspecified atom stereocenters. The maximum absolute atomic E-state index is 11.5. The van der Waals surface area contributed by atoms with E-state index in [9.17, 15) is 4.79 Å². The molecule has 0 amide bonds. The molecule has 0 spiro atoms. The van der Waals surface area contributed by atoms with Crippen LogP contribution in [0.4, 0.5) is 0 Å². The highest BCUT2D eigenvalue weighted by Crippen LogP contribution is 2.23. The maximum atomic E-state index is 11.5. The van der Waals surface area contributed by atoms with Gasteiger partial charge < -0.3 is 5.73 Å². The lowest BCUT2D eigenvalue weighted by Crippen LogP contribution is -2.01. The van der Waals surface area contributed by atoms with Gasteiger partial charge in [0.05, 0.1) is 9.90 Å². The number of hydrogen-bond acceptors (Lipinski definition) is 3. The molecule has 0 bridgehead atoms.